The topological polar surface area (TPSA) is 18.5 Å². The second-order valence-electron chi connectivity index (χ2n) is 5.75. The van der Waals surface area contributed by atoms with E-state index in [1.807, 2.05) is 27.7 Å². The van der Waals surface area contributed by atoms with Crippen LogP contribution in [0.1, 0.15) is 33.3 Å². The van der Waals surface area contributed by atoms with Crippen LogP contribution in [-0.4, -0.2) is 18.3 Å². The summed E-state index contributed by atoms with van der Waals surface area (Å²) in [6, 6.07) is 1.38. The summed E-state index contributed by atoms with van der Waals surface area (Å²) in [4.78, 5) is 0. The standard InChI is InChI=1S/C13H16BF3O2/c1-12(2)13(3,4)19-14(18-12)7-8-5-10(16)11(17)6-9(8)15/h5-6H,7H2,1-4H3. The van der Waals surface area contributed by atoms with Gasteiger partial charge in [0, 0.05) is 12.4 Å². The Labute approximate surface area is 111 Å². The van der Waals surface area contributed by atoms with E-state index in [1.165, 1.54) is 0 Å². The van der Waals surface area contributed by atoms with Gasteiger partial charge in [-0.05, 0) is 39.3 Å². The Hall–Kier alpha value is -1.01. The van der Waals surface area contributed by atoms with Gasteiger partial charge in [-0.25, -0.2) is 13.2 Å². The van der Waals surface area contributed by atoms with E-state index in [1.54, 1.807) is 0 Å². The smallest absolute Gasteiger partial charge is 0.403 e. The molecule has 0 spiro atoms. The van der Waals surface area contributed by atoms with Gasteiger partial charge in [-0.15, -0.1) is 0 Å². The minimum Gasteiger partial charge on any atom is -0.403 e. The Morgan fingerprint density at radius 3 is 1.89 bits per heavy atom. The first-order valence-electron chi connectivity index (χ1n) is 6.11. The van der Waals surface area contributed by atoms with Gasteiger partial charge >= 0.3 is 7.12 Å². The quantitative estimate of drug-likeness (QED) is 0.607. The van der Waals surface area contributed by atoms with Crippen molar-refractivity contribution in [2.24, 2.45) is 0 Å². The van der Waals surface area contributed by atoms with Gasteiger partial charge in [0.2, 0.25) is 0 Å². The van der Waals surface area contributed by atoms with Crippen LogP contribution in [0.25, 0.3) is 0 Å². The number of halogens is 3. The molecule has 1 heterocycles. The van der Waals surface area contributed by atoms with Crippen LogP contribution in [0.5, 0.6) is 0 Å². The number of hydrogen-bond donors (Lipinski definition) is 0. The van der Waals surface area contributed by atoms with Crippen molar-refractivity contribution in [3.63, 3.8) is 0 Å². The summed E-state index contributed by atoms with van der Waals surface area (Å²) in [6.45, 7) is 7.48. The Balaban J connectivity index is 2.18. The van der Waals surface area contributed by atoms with Crippen LogP contribution in [0, 0.1) is 17.5 Å². The molecule has 1 saturated heterocycles. The van der Waals surface area contributed by atoms with Crippen LogP contribution in [0.2, 0.25) is 0 Å². The molecular weight excluding hydrogens is 256 g/mol. The summed E-state index contributed by atoms with van der Waals surface area (Å²) in [5.41, 5.74) is -1.03. The second kappa shape index (κ2) is 4.53. The molecule has 0 saturated carbocycles. The van der Waals surface area contributed by atoms with Gasteiger partial charge in [0.05, 0.1) is 11.2 Å². The molecule has 1 fully saturated rings. The van der Waals surface area contributed by atoms with Crippen LogP contribution in [0.15, 0.2) is 12.1 Å². The molecule has 1 aliphatic rings. The largest absolute Gasteiger partial charge is 0.462 e. The fourth-order valence-corrected chi connectivity index (χ4v) is 1.95. The minimum atomic E-state index is -1.20. The predicted octanol–water partition coefficient (Wildman–Crippen LogP) is 3.28. The maximum atomic E-state index is 13.6. The average molecular weight is 272 g/mol. The molecule has 0 unspecified atom stereocenters. The molecule has 1 aromatic rings. The van der Waals surface area contributed by atoms with E-state index in [4.69, 9.17) is 9.31 Å². The van der Waals surface area contributed by atoms with Crippen molar-refractivity contribution in [1.29, 1.82) is 0 Å². The Kier molecular flexibility index (Phi) is 3.43. The molecule has 104 valence electrons. The van der Waals surface area contributed by atoms with Gasteiger partial charge < -0.3 is 9.31 Å². The summed E-state index contributed by atoms with van der Waals surface area (Å²) < 4.78 is 50.9. The Morgan fingerprint density at radius 2 is 1.37 bits per heavy atom. The summed E-state index contributed by atoms with van der Waals surface area (Å²) in [6.07, 6.45) is 0.0376. The highest BCUT2D eigenvalue weighted by molar-refractivity contribution is 6.45. The van der Waals surface area contributed by atoms with Crippen molar-refractivity contribution in [3.05, 3.63) is 35.1 Å². The first kappa shape index (κ1) is 14.4. The van der Waals surface area contributed by atoms with Crippen LogP contribution < -0.4 is 0 Å². The zero-order chi connectivity index (χ0) is 14.4. The minimum absolute atomic E-state index is 0.0376. The van der Waals surface area contributed by atoms with E-state index in [2.05, 4.69) is 0 Å². The summed E-state index contributed by atoms with van der Waals surface area (Å²) in [5.74, 6) is -3.07. The monoisotopic (exact) mass is 272 g/mol. The van der Waals surface area contributed by atoms with E-state index < -0.39 is 35.8 Å². The SMILES string of the molecule is CC1(C)OB(Cc2cc(F)c(F)cc2F)OC1(C)C. The van der Waals surface area contributed by atoms with Crippen LogP contribution in [-0.2, 0) is 15.6 Å². The highest BCUT2D eigenvalue weighted by atomic mass is 19.2. The molecule has 0 amide bonds. The summed E-state index contributed by atoms with van der Waals surface area (Å²) >= 11 is 0. The van der Waals surface area contributed by atoms with Gasteiger partial charge in [-0.1, -0.05) is 0 Å². The van der Waals surface area contributed by atoms with E-state index in [-0.39, 0.29) is 11.9 Å². The normalized spacial score (nSPS) is 20.9. The molecule has 2 nitrogen and oxygen atoms in total. The highest BCUT2D eigenvalue weighted by Crippen LogP contribution is 2.37. The van der Waals surface area contributed by atoms with Crippen molar-refractivity contribution in [2.75, 3.05) is 0 Å². The molecule has 6 heteroatoms. The average Bonchev–Trinajstić information content (AvgIpc) is 2.43. The number of hydrogen-bond acceptors (Lipinski definition) is 2. The van der Waals surface area contributed by atoms with Crippen molar-refractivity contribution >= 4 is 7.12 Å². The molecule has 0 bridgehead atoms. The first-order chi connectivity index (χ1) is 8.62. The molecule has 0 atom stereocenters. The van der Waals surface area contributed by atoms with Gasteiger partial charge in [0.25, 0.3) is 0 Å². The maximum Gasteiger partial charge on any atom is 0.462 e. The molecule has 1 aliphatic heterocycles. The predicted molar refractivity (Wildman–Crippen MR) is 66.1 cm³/mol. The second-order valence-corrected chi connectivity index (χ2v) is 5.75. The lowest BCUT2D eigenvalue weighted by atomic mass is 9.80. The van der Waals surface area contributed by atoms with Crippen LogP contribution in [0.3, 0.4) is 0 Å². The van der Waals surface area contributed by atoms with Crippen LogP contribution in [0.4, 0.5) is 13.2 Å². The lowest BCUT2D eigenvalue weighted by Crippen LogP contribution is -2.41. The van der Waals surface area contributed by atoms with Gasteiger partial charge in [-0.2, -0.15) is 0 Å². The molecule has 0 aliphatic carbocycles. The molecule has 0 radical (unpaired) electrons. The van der Waals surface area contributed by atoms with Crippen molar-refractivity contribution in [1.82, 2.24) is 0 Å². The Bertz CT molecular complexity index is 487. The molecule has 0 N–H and O–H groups in total. The lowest BCUT2D eigenvalue weighted by Gasteiger charge is -2.32. The number of benzene rings is 1. The fraction of sp³-hybridized carbons (Fsp3) is 0.538. The van der Waals surface area contributed by atoms with Gasteiger partial charge in [0.1, 0.15) is 5.82 Å². The van der Waals surface area contributed by atoms with E-state index >= 15 is 0 Å². The van der Waals surface area contributed by atoms with Crippen molar-refractivity contribution < 1.29 is 22.5 Å². The fourth-order valence-electron chi connectivity index (χ4n) is 1.95. The molecule has 0 aromatic heterocycles. The zero-order valence-corrected chi connectivity index (χ0v) is 11.4. The molecule has 1 aromatic carbocycles. The van der Waals surface area contributed by atoms with E-state index in [9.17, 15) is 13.2 Å². The number of rotatable bonds is 2. The highest BCUT2D eigenvalue weighted by Gasteiger charge is 2.50. The van der Waals surface area contributed by atoms with E-state index in [0.717, 1.165) is 6.07 Å². The zero-order valence-electron chi connectivity index (χ0n) is 11.4. The van der Waals surface area contributed by atoms with E-state index in [0.29, 0.717) is 6.07 Å². The summed E-state index contributed by atoms with van der Waals surface area (Å²) in [5, 5.41) is 0. The van der Waals surface area contributed by atoms with Crippen LogP contribution >= 0.6 is 0 Å². The van der Waals surface area contributed by atoms with Crippen molar-refractivity contribution in [3.8, 4) is 0 Å². The van der Waals surface area contributed by atoms with Gasteiger partial charge in [-0.3, -0.25) is 0 Å². The third-order valence-electron chi connectivity index (χ3n) is 3.78. The molecular formula is C13H16BF3O2. The third-order valence-corrected chi connectivity index (χ3v) is 3.78. The maximum absolute atomic E-state index is 13.6. The third kappa shape index (κ3) is 2.65. The lowest BCUT2D eigenvalue weighted by molar-refractivity contribution is 0.00578. The first-order valence-corrected chi connectivity index (χ1v) is 6.11. The molecule has 19 heavy (non-hydrogen) atoms. The summed E-state index contributed by atoms with van der Waals surface area (Å²) in [7, 11) is -0.677. The van der Waals surface area contributed by atoms with Gasteiger partial charge in [0.15, 0.2) is 11.6 Å². The Morgan fingerprint density at radius 1 is 0.895 bits per heavy atom. The molecule has 2 rings (SSSR count). The van der Waals surface area contributed by atoms with Crippen molar-refractivity contribution in [2.45, 2.75) is 45.2 Å².